The summed E-state index contributed by atoms with van der Waals surface area (Å²) < 4.78 is 26.5. The van der Waals surface area contributed by atoms with E-state index in [4.69, 9.17) is 23.2 Å². The third kappa shape index (κ3) is 4.38. The SMILES string of the molecule is Cc1ccc(NC(=O)c2cc(S(=O)(=O)N(C)C(C)C)ccc2Cl)cc1Cl. The highest BCUT2D eigenvalue weighted by Gasteiger charge is 2.25. The summed E-state index contributed by atoms with van der Waals surface area (Å²) in [5, 5.41) is 3.36. The van der Waals surface area contributed by atoms with Gasteiger partial charge in [0.05, 0.1) is 15.5 Å². The van der Waals surface area contributed by atoms with Crippen LogP contribution in [-0.2, 0) is 10.0 Å². The first-order chi connectivity index (χ1) is 12.0. The molecule has 8 heteroatoms. The fourth-order valence-corrected chi connectivity index (χ4v) is 3.93. The Morgan fingerprint density at radius 3 is 2.31 bits per heavy atom. The lowest BCUT2D eigenvalue weighted by Gasteiger charge is -2.21. The van der Waals surface area contributed by atoms with E-state index in [-0.39, 0.29) is 21.5 Å². The summed E-state index contributed by atoms with van der Waals surface area (Å²) in [4.78, 5) is 12.6. The van der Waals surface area contributed by atoms with Crippen LogP contribution in [-0.4, -0.2) is 31.7 Å². The number of carbonyl (C=O) groups excluding carboxylic acids is 1. The predicted molar refractivity (Wildman–Crippen MR) is 106 cm³/mol. The average Bonchev–Trinajstić information content (AvgIpc) is 2.57. The van der Waals surface area contributed by atoms with Gasteiger partial charge in [0, 0.05) is 23.8 Å². The highest BCUT2D eigenvalue weighted by atomic mass is 35.5. The number of rotatable bonds is 5. The van der Waals surface area contributed by atoms with Crippen LogP contribution in [0.4, 0.5) is 5.69 Å². The maximum Gasteiger partial charge on any atom is 0.257 e. The molecule has 1 N–H and O–H groups in total. The van der Waals surface area contributed by atoms with Gasteiger partial charge in [0.1, 0.15) is 0 Å². The van der Waals surface area contributed by atoms with Crippen molar-refractivity contribution >= 4 is 44.8 Å². The van der Waals surface area contributed by atoms with Gasteiger partial charge in [-0.25, -0.2) is 8.42 Å². The molecule has 140 valence electrons. The Labute approximate surface area is 164 Å². The Hall–Kier alpha value is -1.60. The highest BCUT2D eigenvalue weighted by molar-refractivity contribution is 7.89. The van der Waals surface area contributed by atoms with E-state index in [1.54, 1.807) is 32.0 Å². The molecule has 2 aromatic carbocycles. The first kappa shape index (κ1) is 20.7. The van der Waals surface area contributed by atoms with Crippen molar-refractivity contribution < 1.29 is 13.2 Å². The zero-order chi connectivity index (χ0) is 19.6. The molecule has 0 spiro atoms. The number of anilines is 1. The van der Waals surface area contributed by atoms with Gasteiger partial charge in [-0.1, -0.05) is 29.3 Å². The molecule has 0 saturated heterocycles. The van der Waals surface area contributed by atoms with Crippen LogP contribution in [0.25, 0.3) is 0 Å². The van der Waals surface area contributed by atoms with Crippen molar-refractivity contribution in [1.29, 1.82) is 0 Å². The van der Waals surface area contributed by atoms with Crippen LogP contribution in [0.15, 0.2) is 41.3 Å². The molecule has 0 bridgehead atoms. The van der Waals surface area contributed by atoms with Crippen molar-refractivity contribution in [3.05, 3.63) is 57.6 Å². The minimum absolute atomic E-state index is 0.00480. The fourth-order valence-electron chi connectivity index (χ4n) is 2.15. The molecule has 0 aromatic heterocycles. The van der Waals surface area contributed by atoms with E-state index < -0.39 is 15.9 Å². The number of hydrogen-bond acceptors (Lipinski definition) is 3. The zero-order valence-electron chi connectivity index (χ0n) is 14.9. The van der Waals surface area contributed by atoms with Crippen LogP contribution in [0.5, 0.6) is 0 Å². The van der Waals surface area contributed by atoms with E-state index in [0.717, 1.165) is 5.56 Å². The lowest BCUT2D eigenvalue weighted by molar-refractivity contribution is 0.102. The molecule has 1 amide bonds. The molecule has 0 saturated carbocycles. The summed E-state index contributed by atoms with van der Waals surface area (Å²) >= 11 is 12.2. The summed E-state index contributed by atoms with van der Waals surface area (Å²) in [6, 6.07) is 8.95. The van der Waals surface area contributed by atoms with E-state index in [1.807, 2.05) is 6.92 Å². The summed E-state index contributed by atoms with van der Waals surface area (Å²) in [5.74, 6) is -0.515. The van der Waals surface area contributed by atoms with Crippen LogP contribution in [0.1, 0.15) is 29.8 Å². The minimum Gasteiger partial charge on any atom is -0.322 e. The molecule has 5 nitrogen and oxygen atoms in total. The van der Waals surface area contributed by atoms with E-state index in [0.29, 0.717) is 10.7 Å². The van der Waals surface area contributed by atoms with Crippen molar-refractivity contribution in [3.8, 4) is 0 Å². The number of nitrogens with one attached hydrogen (secondary N) is 1. The average molecular weight is 415 g/mol. The Bertz CT molecular complexity index is 943. The molecule has 0 atom stereocenters. The number of sulfonamides is 1. The highest BCUT2D eigenvalue weighted by Crippen LogP contribution is 2.25. The molecule has 2 aromatic rings. The molecule has 0 aliphatic heterocycles. The van der Waals surface area contributed by atoms with Crippen LogP contribution in [0.3, 0.4) is 0 Å². The van der Waals surface area contributed by atoms with Gasteiger partial charge < -0.3 is 5.32 Å². The van der Waals surface area contributed by atoms with Gasteiger partial charge >= 0.3 is 0 Å². The third-order valence-corrected chi connectivity index (χ3v) is 6.78. The lowest BCUT2D eigenvalue weighted by Crippen LogP contribution is -2.33. The molecule has 0 fully saturated rings. The largest absolute Gasteiger partial charge is 0.322 e. The quantitative estimate of drug-likeness (QED) is 0.777. The van der Waals surface area contributed by atoms with Crippen molar-refractivity contribution in [2.45, 2.75) is 31.7 Å². The molecule has 0 aliphatic carbocycles. The molecule has 0 aliphatic rings. The summed E-state index contributed by atoms with van der Waals surface area (Å²) in [6.45, 7) is 5.38. The Morgan fingerprint density at radius 1 is 1.08 bits per heavy atom. The normalized spacial score (nSPS) is 11.8. The number of hydrogen-bond donors (Lipinski definition) is 1. The van der Waals surface area contributed by atoms with Crippen molar-refractivity contribution in [2.75, 3.05) is 12.4 Å². The van der Waals surface area contributed by atoms with Crippen molar-refractivity contribution in [1.82, 2.24) is 4.31 Å². The fraction of sp³-hybridized carbons (Fsp3) is 0.278. The van der Waals surface area contributed by atoms with Crippen molar-refractivity contribution in [3.63, 3.8) is 0 Å². The molecular weight excluding hydrogens is 395 g/mol. The zero-order valence-corrected chi connectivity index (χ0v) is 17.2. The minimum atomic E-state index is -3.72. The second-order valence-corrected chi connectivity index (χ2v) is 8.99. The Balaban J connectivity index is 2.37. The maximum atomic E-state index is 12.6. The topological polar surface area (TPSA) is 66.5 Å². The van der Waals surface area contributed by atoms with Gasteiger partial charge in [-0.2, -0.15) is 4.31 Å². The Morgan fingerprint density at radius 2 is 1.73 bits per heavy atom. The molecule has 26 heavy (non-hydrogen) atoms. The molecule has 0 heterocycles. The Kier molecular flexibility index (Phi) is 6.34. The molecule has 0 radical (unpaired) electrons. The molecule has 0 unspecified atom stereocenters. The van der Waals surface area contributed by atoms with E-state index in [1.165, 1.54) is 29.6 Å². The summed E-state index contributed by atoms with van der Waals surface area (Å²) in [5.41, 5.74) is 1.45. The number of amides is 1. The molecule has 2 rings (SSSR count). The van der Waals surface area contributed by atoms with Gasteiger partial charge in [0.25, 0.3) is 5.91 Å². The first-order valence-electron chi connectivity index (χ1n) is 7.89. The van der Waals surface area contributed by atoms with Crippen LogP contribution in [0.2, 0.25) is 10.0 Å². The van der Waals surface area contributed by atoms with Crippen LogP contribution >= 0.6 is 23.2 Å². The van der Waals surface area contributed by atoms with E-state index in [2.05, 4.69) is 5.32 Å². The van der Waals surface area contributed by atoms with E-state index >= 15 is 0 Å². The maximum absolute atomic E-state index is 12.6. The third-order valence-electron chi connectivity index (χ3n) is 4.02. The number of nitrogens with zero attached hydrogens (tertiary/aromatic N) is 1. The molecular formula is C18H20Cl2N2O3S. The summed E-state index contributed by atoms with van der Waals surface area (Å²) in [7, 11) is -2.23. The number of carbonyl (C=O) groups is 1. The number of halogens is 2. The monoisotopic (exact) mass is 414 g/mol. The van der Waals surface area contributed by atoms with E-state index in [9.17, 15) is 13.2 Å². The van der Waals surface area contributed by atoms with Crippen LogP contribution < -0.4 is 5.32 Å². The summed E-state index contributed by atoms with van der Waals surface area (Å²) in [6.07, 6.45) is 0. The standard InChI is InChI=1S/C18H20Cl2N2O3S/c1-11(2)22(4)26(24,25)14-7-8-16(19)15(10-14)18(23)21-13-6-5-12(3)17(20)9-13/h5-11H,1-4H3,(H,21,23). The lowest BCUT2D eigenvalue weighted by atomic mass is 10.2. The van der Waals surface area contributed by atoms with Gasteiger partial charge in [-0.3, -0.25) is 4.79 Å². The van der Waals surface area contributed by atoms with Gasteiger partial charge in [0.15, 0.2) is 0 Å². The predicted octanol–water partition coefficient (Wildman–Crippen LogP) is 4.58. The smallest absolute Gasteiger partial charge is 0.257 e. The van der Waals surface area contributed by atoms with Crippen molar-refractivity contribution in [2.24, 2.45) is 0 Å². The van der Waals surface area contributed by atoms with Gasteiger partial charge in [0.2, 0.25) is 10.0 Å². The first-order valence-corrected chi connectivity index (χ1v) is 10.1. The van der Waals surface area contributed by atoms with Gasteiger partial charge in [-0.15, -0.1) is 0 Å². The second kappa shape index (κ2) is 7.96. The number of benzene rings is 2. The van der Waals surface area contributed by atoms with Gasteiger partial charge in [-0.05, 0) is 56.7 Å². The number of aryl methyl sites for hydroxylation is 1. The van der Waals surface area contributed by atoms with Crippen LogP contribution in [0, 0.1) is 6.92 Å². The second-order valence-electron chi connectivity index (χ2n) is 6.17.